The predicted octanol–water partition coefficient (Wildman–Crippen LogP) is 1.65. The number of fused-ring (bicyclic) bond motifs is 2. The van der Waals surface area contributed by atoms with E-state index in [0.29, 0.717) is 35.3 Å². The van der Waals surface area contributed by atoms with Gasteiger partial charge >= 0.3 is 30.8 Å². The Morgan fingerprint density at radius 2 is 1.36 bits per heavy atom. The summed E-state index contributed by atoms with van der Waals surface area (Å²) in [5.41, 5.74) is 5.67. The van der Waals surface area contributed by atoms with Crippen LogP contribution in [0.4, 0.5) is 0 Å². The van der Waals surface area contributed by atoms with Gasteiger partial charge in [-0.25, -0.2) is 9.59 Å². The van der Waals surface area contributed by atoms with Crippen LogP contribution in [0.2, 0.25) is 0 Å². The van der Waals surface area contributed by atoms with Crippen LogP contribution in [-0.4, -0.2) is 44.6 Å². The van der Waals surface area contributed by atoms with E-state index in [1.54, 1.807) is 25.5 Å². The summed E-state index contributed by atoms with van der Waals surface area (Å²) in [7, 11) is 0. The number of furan rings is 2. The molecule has 4 aromatic heterocycles. The molecule has 0 spiro atoms. The Morgan fingerprint density at radius 3 is 1.76 bits per heavy atom. The van der Waals surface area contributed by atoms with E-state index < -0.39 is 5.97 Å². The number of hydrogen-bond acceptors (Lipinski definition) is 6. The van der Waals surface area contributed by atoms with Crippen LogP contribution in [0.1, 0.15) is 78.6 Å². The summed E-state index contributed by atoms with van der Waals surface area (Å²) in [5, 5.41) is 8.76. The van der Waals surface area contributed by atoms with E-state index in [1.165, 1.54) is 6.07 Å². The van der Waals surface area contributed by atoms with Crippen molar-refractivity contribution in [3.05, 3.63) is 47.2 Å². The summed E-state index contributed by atoms with van der Waals surface area (Å²) in [6, 6.07) is 3.18. The van der Waals surface area contributed by atoms with Crippen LogP contribution >= 0.6 is 0 Å². The van der Waals surface area contributed by atoms with Crippen molar-refractivity contribution in [3.63, 3.8) is 0 Å². The summed E-state index contributed by atoms with van der Waals surface area (Å²) in [4.78, 5) is 28.0. The van der Waals surface area contributed by atoms with Crippen molar-refractivity contribution < 1.29 is 58.1 Å². The molecule has 0 unspecified atom stereocenters. The second-order valence-electron chi connectivity index (χ2n) is 7.56. The molecule has 0 amide bonds. The van der Waals surface area contributed by atoms with Gasteiger partial charge in [-0.1, -0.05) is 27.7 Å². The Kier molecular flexibility index (Phi) is 11.3. The van der Waals surface area contributed by atoms with Gasteiger partial charge in [-0.2, -0.15) is 0 Å². The number of rotatable bonds is 5. The van der Waals surface area contributed by atoms with E-state index in [2.05, 4.69) is 23.8 Å². The number of aromatic amines is 2. The smallest absolute Gasteiger partial charge is 0.870 e. The maximum atomic E-state index is 11.5. The van der Waals surface area contributed by atoms with Gasteiger partial charge in [0.15, 0.2) is 11.2 Å². The molecule has 0 fully saturated rings. The Hall–Kier alpha value is -2.90. The zero-order chi connectivity index (χ0) is 22.0. The molecule has 0 saturated heterocycles. The molecule has 10 nitrogen and oxygen atoms in total. The largest absolute Gasteiger partial charge is 1.00 e. The molecule has 0 saturated carbocycles. The van der Waals surface area contributed by atoms with Crippen LogP contribution in [0.5, 0.6) is 0 Å². The van der Waals surface area contributed by atoms with Crippen LogP contribution in [0.3, 0.4) is 0 Å². The summed E-state index contributed by atoms with van der Waals surface area (Å²) in [5.74, 6) is -0.638. The van der Waals surface area contributed by atoms with Gasteiger partial charge in [-0.3, -0.25) is 0 Å². The van der Waals surface area contributed by atoms with Crippen LogP contribution in [0, 0.1) is 0 Å². The van der Waals surface area contributed by atoms with Gasteiger partial charge in [0.05, 0.1) is 30.2 Å². The van der Waals surface area contributed by atoms with E-state index in [9.17, 15) is 9.59 Å². The minimum Gasteiger partial charge on any atom is -0.870 e. The van der Waals surface area contributed by atoms with Gasteiger partial charge in [0.25, 0.3) is 0 Å². The molecule has 0 atom stereocenters. The first-order valence-corrected chi connectivity index (χ1v) is 9.83. The van der Waals surface area contributed by atoms with E-state index in [1.807, 2.05) is 13.8 Å². The summed E-state index contributed by atoms with van der Waals surface area (Å²) >= 11 is 0. The minimum absolute atomic E-state index is 0. The first kappa shape index (κ1) is 30.1. The van der Waals surface area contributed by atoms with Gasteiger partial charge in [-0.05, 0) is 18.8 Å². The summed E-state index contributed by atoms with van der Waals surface area (Å²) in [6.45, 7) is 10.4. The van der Waals surface area contributed by atoms with Crippen molar-refractivity contribution >= 4 is 34.1 Å². The number of aromatic carboxylic acids is 1. The van der Waals surface area contributed by atoms with E-state index in [-0.39, 0.29) is 41.5 Å². The fourth-order valence-electron chi connectivity index (χ4n) is 3.14. The molecule has 0 aliphatic carbocycles. The second-order valence-corrected chi connectivity index (χ2v) is 7.56. The van der Waals surface area contributed by atoms with Gasteiger partial charge in [0.1, 0.15) is 11.4 Å². The van der Waals surface area contributed by atoms with E-state index in [0.717, 1.165) is 22.2 Å². The average molecular weight is 456 g/mol. The molecule has 33 heavy (non-hydrogen) atoms. The third-order valence-electron chi connectivity index (χ3n) is 4.74. The first-order chi connectivity index (χ1) is 14.2. The van der Waals surface area contributed by atoms with Gasteiger partial charge in [-0.15, -0.1) is 0 Å². The molecule has 176 valence electrons. The summed E-state index contributed by atoms with van der Waals surface area (Å²) < 4.78 is 15.5. The number of nitrogens with one attached hydrogen (secondary N) is 2. The molecule has 4 heterocycles. The monoisotopic (exact) mass is 456 g/mol. The number of aromatic nitrogens is 2. The average Bonchev–Trinajstić information content (AvgIpc) is 3.40. The molecule has 6 N–H and O–H groups in total. The van der Waals surface area contributed by atoms with Crippen LogP contribution in [0.25, 0.3) is 22.2 Å². The molecule has 4 aromatic rings. The number of carboxylic acid groups (broad SMARTS) is 1. The fraction of sp³-hybridized carbons (Fsp3) is 0.364. The van der Waals surface area contributed by atoms with Crippen LogP contribution < -0.4 is 18.9 Å². The van der Waals surface area contributed by atoms with Crippen molar-refractivity contribution in [2.45, 2.75) is 46.5 Å². The first-order valence-electron chi connectivity index (χ1n) is 9.83. The molecule has 11 heteroatoms. The van der Waals surface area contributed by atoms with E-state index in [4.69, 9.17) is 18.7 Å². The standard InChI is InChI=1S/C12H15NO3.C10H11NO3.Li.2H2O/c1-4-15-12(14)9-5-10-11(13-9)8(6-16-10)7(2)3;1-5(2)6-4-14-8-3-7(10(12)13)11-9(6)8;;;/h5-7,13H,4H2,1-3H3;3-5,11H,1-2H3,(H,12,13);;2*1H2/q;;+1;;/p-1. The van der Waals surface area contributed by atoms with Crippen molar-refractivity contribution in [2.75, 3.05) is 6.61 Å². The zero-order valence-electron chi connectivity index (χ0n) is 19.6. The molecular weight excluding hydrogens is 427 g/mol. The molecule has 0 bridgehead atoms. The molecule has 4 rings (SSSR count). The number of carbonyl (C=O) groups excluding carboxylic acids is 1. The number of H-pyrrole nitrogens is 2. The topological polar surface area (TPSA) is 183 Å². The number of carbonyl (C=O) groups is 2. The molecule has 0 radical (unpaired) electrons. The number of ether oxygens (including phenoxy) is 1. The van der Waals surface area contributed by atoms with Gasteiger partial charge in [0, 0.05) is 23.3 Å². The third-order valence-corrected chi connectivity index (χ3v) is 4.74. The normalized spacial score (nSPS) is 10.3. The fourth-order valence-corrected chi connectivity index (χ4v) is 3.14. The Labute approximate surface area is 202 Å². The molecule has 0 aromatic carbocycles. The van der Waals surface area contributed by atoms with Crippen molar-refractivity contribution in [1.82, 2.24) is 9.97 Å². The van der Waals surface area contributed by atoms with Gasteiger partial charge < -0.3 is 39.6 Å². The molecular formula is C22H29LiN2O8. The van der Waals surface area contributed by atoms with Gasteiger partial charge in [0.2, 0.25) is 0 Å². The quantitative estimate of drug-likeness (QED) is 0.301. The third kappa shape index (κ3) is 6.33. The van der Waals surface area contributed by atoms with Crippen LogP contribution in [-0.2, 0) is 4.74 Å². The Balaban J connectivity index is 0.000000573. The number of esters is 1. The van der Waals surface area contributed by atoms with Crippen molar-refractivity contribution in [3.8, 4) is 0 Å². The summed E-state index contributed by atoms with van der Waals surface area (Å²) in [6.07, 6.45) is 3.39. The maximum Gasteiger partial charge on any atom is 1.00 e. The predicted molar refractivity (Wildman–Crippen MR) is 118 cm³/mol. The molecule has 0 aliphatic heterocycles. The van der Waals surface area contributed by atoms with Crippen molar-refractivity contribution in [1.29, 1.82) is 0 Å². The number of carboxylic acids is 1. The second kappa shape index (κ2) is 12.4. The maximum absolute atomic E-state index is 11.5. The zero-order valence-corrected chi connectivity index (χ0v) is 19.6. The number of hydrogen-bond donors (Lipinski definition) is 3. The van der Waals surface area contributed by atoms with Crippen LogP contribution in [0.15, 0.2) is 33.5 Å². The SMILES string of the molecule is CC(C)c1coc2cc(C(=O)O)[nH]c12.CCOC(=O)c1cc2occ(C(C)C)c2[nH]1.O.[Li+].[OH-]. The molecule has 0 aliphatic rings. The Bertz CT molecular complexity index is 1180. The van der Waals surface area contributed by atoms with Crippen molar-refractivity contribution in [2.24, 2.45) is 0 Å². The minimum atomic E-state index is -0.967. The van der Waals surface area contributed by atoms with E-state index >= 15 is 0 Å². The Morgan fingerprint density at radius 1 is 0.939 bits per heavy atom.